The molecule has 7 heteroatoms. The van der Waals surface area contributed by atoms with Crippen LogP contribution in [0, 0.1) is 12.8 Å². The second kappa shape index (κ2) is 6.57. The van der Waals surface area contributed by atoms with Crippen molar-refractivity contribution in [1.29, 1.82) is 0 Å². The highest BCUT2D eigenvalue weighted by atomic mass is 32.2. The molecule has 1 aliphatic heterocycles. The molecule has 136 valence electrons. The number of carbonyl (C=O) groups is 2. The maximum Gasteiger partial charge on any atom is 0.261 e. The van der Waals surface area contributed by atoms with Crippen LogP contribution in [0.2, 0.25) is 0 Å². The smallest absolute Gasteiger partial charge is 0.261 e. The molecule has 2 aromatic carbocycles. The fourth-order valence-electron chi connectivity index (χ4n) is 2.82. The first-order valence-corrected chi connectivity index (χ1v) is 9.77. The maximum atomic E-state index is 12.5. The number of hydrogen-bond donors (Lipinski definition) is 1. The monoisotopic (exact) mass is 372 g/mol. The van der Waals surface area contributed by atoms with E-state index >= 15 is 0 Å². The van der Waals surface area contributed by atoms with E-state index in [0.29, 0.717) is 12.1 Å². The van der Waals surface area contributed by atoms with Crippen molar-refractivity contribution >= 4 is 27.5 Å². The second-order valence-corrected chi connectivity index (χ2v) is 8.48. The summed E-state index contributed by atoms with van der Waals surface area (Å²) in [6.45, 7) is 6.04. The molecule has 0 aliphatic carbocycles. The van der Waals surface area contributed by atoms with Crippen molar-refractivity contribution in [3.63, 3.8) is 0 Å². The van der Waals surface area contributed by atoms with Crippen LogP contribution in [0.4, 0.5) is 5.69 Å². The van der Waals surface area contributed by atoms with Crippen LogP contribution in [0.1, 0.15) is 40.1 Å². The predicted octanol–water partition coefficient (Wildman–Crippen LogP) is 3.05. The van der Waals surface area contributed by atoms with Gasteiger partial charge in [-0.1, -0.05) is 31.5 Å². The van der Waals surface area contributed by atoms with Crippen molar-refractivity contribution in [2.45, 2.75) is 25.7 Å². The first-order valence-electron chi connectivity index (χ1n) is 8.29. The van der Waals surface area contributed by atoms with Crippen LogP contribution in [0.15, 0.2) is 47.4 Å². The quantitative estimate of drug-likeness (QED) is 0.818. The summed E-state index contributed by atoms with van der Waals surface area (Å²) in [6, 6.07) is 10.9. The van der Waals surface area contributed by atoms with E-state index < -0.39 is 15.9 Å². The molecular formula is C19H20N2O4S. The number of hydrogen-bond acceptors (Lipinski definition) is 4. The van der Waals surface area contributed by atoms with E-state index in [0.717, 1.165) is 5.56 Å². The largest absolute Gasteiger partial charge is 0.280 e. The zero-order valence-corrected chi connectivity index (χ0v) is 15.6. The number of carbonyl (C=O) groups excluding carboxylic acids is 2. The minimum absolute atomic E-state index is 0.132. The number of amides is 2. The molecule has 0 bridgehead atoms. The van der Waals surface area contributed by atoms with Gasteiger partial charge < -0.3 is 0 Å². The van der Waals surface area contributed by atoms with E-state index in [9.17, 15) is 18.0 Å². The Balaban J connectivity index is 1.89. The molecule has 1 heterocycles. The Bertz CT molecular complexity index is 979. The highest BCUT2D eigenvalue weighted by Gasteiger charge is 2.36. The van der Waals surface area contributed by atoms with E-state index in [1.54, 1.807) is 12.1 Å². The topological polar surface area (TPSA) is 83.6 Å². The van der Waals surface area contributed by atoms with Crippen molar-refractivity contribution in [2.75, 3.05) is 11.3 Å². The molecule has 0 atom stereocenters. The molecule has 0 radical (unpaired) electrons. The van der Waals surface area contributed by atoms with Gasteiger partial charge >= 0.3 is 0 Å². The molecule has 1 aliphatic rings. The number of nitrogens with zero attached hydrogens (tertiary/aromatic N) is 1. The zero-order valence-electron chi connectivity index (χ0n) is 14.8. The summed E-state index contributed by atoms with van der Waals surface area (Å²) in [5.74, 6) is -0.585. The summed E-state index contributed by atoms with van der Waals surface area (Å²) in [7, 11) is -3.77. The Labute approximate surface area is 152 Å². The van der Waals surface area contributed by atoms with Crippen LogP contribution in [0.5, 0.6) is 0 Å². The average Bonchev–Trinajstić information content (AvgIpc) is 2.79. The highest BCUT2D eigenvalue weighted by molar-refractivity contribution is 7.92. The minimum Gasteiger partial charge on any atom is -0.280 e. The molecule has 2 amide bonds. The Morgan fingerprint density at radius 2 is 1.58 bits per heavy atom. The van der Waals surface area contributed by atoms with Gasteiger partial charge in [0.2, 0.25) is 0 Å². The Hall–Kier alpha value is -2.67. The molecule has 6 nitrogen and oxygen atoms in total. The number of sulfonamides is 1. The van der Waals surface area contributed by atoms with Gasteiger partial charge in [0.05, 0.1) is 16.0 Å². The summed E-state index contributed by atoms with van der Waals surface area (Å²) in [6.07, 6.45) is 0. The lowest BCUT2D eigenvalue weighted by Crippen LogP contribution is -2.33. The summed E-state index contributed by atoms with van der Waals surface area (Å²) in [4.78, 5) is 26.2. The molecule has 0 saturated carbocycles. The van der Waals surface area contributed by atoms with Gasteiger partial charge in [0.25, 0.3) is 21.8 Å². The molecule has 0 aromatic heterocycles. The molecule has 3 rings (SSSR count). The van der Waals surface area contributed by atoms with E-state index in [1.165, 1.54) is 35.2 Å². The van der Waals surface area contributed by atoms with Crippen molar-refractivity contribution in [2.24, 2.45) is 5.92 Å². The first kappa shape index (κ1) is 18.1. The van der Waals surface area contributed by atoms with E-state index in [4.69, 9.17) is 0 Å². The molecule has 1 N–H and O–H groups in total. The third-order valence-corrected chi connectivity index (χ3v) is 5.50. The van der Waals surface area contributed by atoms with Crippen LogP contribution < -0.4 is 4.72 Å². The third kappa shape index (κ3) is 3.35. The predicted molar refractivity (Wildman–Crippen MR) is 98.6 cm³/mol. The first-order chi connectivity index (χ1) is 12.2. The lowest BCUT2D eigenvalue weighted by Gasteiger charge is -2.15. The van der Waals surface area contributed by atoms with Crippen LogP contribution in [-0.2, 0) is 10.0 Å². The van der Waals surface area contributed by atoms with Crippen LogP contribution >= 0.6 is 0 Å². The number of imide groups is 1. The number of benzene rings is 2. The van der Waals surface area contributed by atoms with Crippen molar-refractivity contribution in [3.05, 3.63) is 59.2 Å². The van der Waals surface area contributed by atoms with Gasteiger partial charge in [0.15, 0.2) is 0 Å². The lowest BCUT2D eigenvalue weighted by atomic mass is 10.1. The Kier molecular flexibility index (Phi) is 4.58. The van der Waals surface area contributed by atoms with Gasteiger partial charge in [-0.05, 0) is 43.2 Å². The maximum absolute atomic E-state index is 12.5. The number of nitrogens with one attached hydrogen (secondary N) is 1. The van der Waals surface area contributed by atoms with Gasteiger partial charge in [0.1, 0.15) is 0 Å². The van der Waals surface area contributed by atoms with Crippen LogP contribution in [-0.4, -0.2) is 31.7 Å². The fraction of sp³-hybridized carbons (Fsp3) is 0.263. The van der Waals surface area contributed by atoms with Gasteiger partial charge in [-0.3, -0.25) is 19.2 Å². The summed E-state index contributed by atoms with van der Waals surface area (Å²) >= 11 is 0. The lowest BCUT2D eigenvalue weighted by molar-refractivity contribution is 0.0636. The summed E-state index contributed by atoms with van der Waals surface area (Å²) < 4.78 is 27.5. The SMILES string of the molecule is Cc1ccc(S(=O)(=O)Nc2ccc3c(c2)C(=O)N(CC(C)C)C3=O)cc1. The molecule has 26 heavy (non-hydrogen) atoms. The van der Waals surface area contributed by atoms with Gasteiger partial charge in [-0.25, -0.2) is 8.42 Å². The zero-order chi connectivity index (χ0) is 19.1. The molecule has 0 saturated heterocycles. The molecule has 2 aromatic rings. The number of aryl methyl sites for hydroxylation is 1. The van der Waals surface area contributed by atoms with Crippen LogP contribution in [0.25, 0.3) is 0 Å². The molecule has 0 unspecified atom stereocenters. The van der Waals surface area contributed by atoms with Crippen molar-refractivity contribution in [1.82, 2.24) is 4.90 Å². The summed E-state index contributed by atoms with van der Waals surface area (Å²) in [5, 5.41) is 0. The number of anilines is 1. The van der Waals surface area contributed by atoms with Gasteiger partial charge in [-0.15, -0.1) is 0 Å². The standard InChI is InChI=1S/C19H20N2O4S/c1-12(2)11-21-18(22)16-9-6-14(10-17(16)19(21)23)20-26(24,25)15-7-4-13(3)5-8-15/h4-10,12,20H,11H2,1-3H3. The van der Waals surface area contributed by atoms with Gasteiger partial charge in [-0.2, -0.15) is 0 Å². The number of fused-ring (bicyclic) bond motifs is 1. The highest BCUT2D eigenvalue weighted by Crippen LogP contribution is 2.27. The average molecular weight is 372 g/mol. The Morgan fingerprint density at radius 1 is 0.962 bits per heavy atom. The molecule has 0 spiro atoms. The summed E-state index contributed by atoms with van der Waals surface area (Å²) in [5.41, 5.74) is 1.72. The van der Waals surface area contributed by atoms with E-state index in [-0.39, 0.29) is 28.0 Å². The van der Waals surface area contributed by atoms with Crippen LogP contribution in [0.3, 0.4) is 0 Å². The van der Waals surface area contributed by atoms with Crippen molar-refractivity contribution in [3.8, 4) is 0 Å². The van der Waals surface area contributed by atoms with E-state index in [1.807, 2.05) is 20.8 Å². The second-order valence-electron chi connectivity index (χ2n) is 6.79. The molecular weight excluding hydrogens is 352 g/mol. The Morgan fingerprint density at radius 3 is 2.19 bits per heavy atom. The number of rotatable bonds is 5. The normalized spacial score (nSPS) is 14.1. The minimum atomic E-state index is -3.77. The van der Waals surface area contributed by atoms with Gasteiger partial charge in [0, 0.05) is 12.2 Å². The third-order valence-electron chi connectivity index (χ3n) is 4.10. The molecule has 0 fully saturated rings. The van der Waals surface area contributed by atoms with E-state index in [2.05, 4.69) is 4.72 Å². The van der Waals surface area contributed by atoms with Crippen molar-refractivity contribution < 1.29 is 18.0 Å². The fourth-order valence-corrected chi connectivity index (χ4v) is 3.87.